The fraction of sp³-hybridized carbons (Fsp3) is 0.533. The normalized spacial score (nSPS) is 15.3. The molecular formula is C15H24IN3O2. The van der Waals surface area contributed by atoms with E-state index in [1.165, 1.54) is 19.3 Å². The second-order valence-electron chi connectivity index (χ2n) is 4.82. The lowest BCUT2D eigenvalue weighted by atomic mass is 10.1. The second-order valence-corrected chi connectivity index (χ2v) is 4.82. The molecule has 1 saturated heterocycles. The maximum absolute atomic E-state index is 5.97. The molecule has 1 heterocycles. The Bertz CT molecular complexity index is 448. The van der Waals surface area contributed by atoms with Crippen molar-refractivity contribution in [1.82, 2.24) is 4.90 Å². The molecule has 0 unspecified atom stereocenters. The van der Waals surface area contributed by atoms with Crippen molar-refractivity contribution in [2.45, 2.75) is 19.3 Å². The molecule has 1 aliphatic heterocycles. The van der Waals surface area contributed by atoms with Crippen LogP contribution in [0.25, 0.3) is 0 Å². The molecular weight excluding hydrogens is 381 g/mol. The summed E-state index contributed by atoms with van der Waals surface area (Å²) >= 11 is 0. The maximum atomic E-state index is 5.97. The second kappa shape index (κ2) is 9.70. The largest absolute Gasteiger partial charge is 0.497 e. The van der Waals surface area contributed by atoms with E-state index < -0.39 is 0 Å². The summed E-state index contributed by atoms with van der Waals surface area (Å²) in [7, 11) is 1.64. The molecule has 0 radical (unpaired) electrons. The van der Waals surface area contributed by atoms with Gasteiger partial charge in [-0.1, -0.05) is 6.07 Å². The number of halogens is 1. The molecule has 0 amide bonds. The van der Waals surface area contributed by atoms with E-state index in [1.54, 1.807) is 7.11 Å². The van der Waals surface area contributed by atoms with Crippen molar-refractivity contribution in [2.75, 3.05) is 33.4 Å². The average molecular weight is 405 g/mol. The fourth-order valence-electron chi connectivity index (χ4n) is 2.24. The van der Waals surface area contributed by atoms with Crippen molar-refractivity contribution in [2.24, 2.45) is 10.7 Å². The van der Waals surface area contributed by atoms with Crippen molar-refractivity contribution in [3.8, 4) is 11.5 Å². The Hall–Kier alpha value is -1.18. The minimum absolute atomic E-state index is 0. The molecule has 2 rings (SSSR count). The van der Waals surface area contributed by atoms with Gasteiger partial charge in [0.15, 0.2) is 5.96 Å². The molecule has 0 bridgehead atoms. The molecule has 21 heavy (non-hydrogen) atoms. The fourth-order valence-corrected chi connectivity index (χ4v) is 2.24. The molecule has 0 saturated carbocycles. The lowest BCUT2D eigenvalue weighted by Crippen LogP contribution is -2.41. The van der Waals surface area contributed by atoms with Gasteiger partial charge in [0.25, 0.3) is 0 Å². The number of benzene rings is 1. The van der Waals surface area contributed by atoms with Gasteiger partial charge in [0.05, 0.1) is 13.7 Å². The van der Waals surface area contributed by atoms with Crippen molar-refractivity contribution in [3.05, 3.63) is 24.3 Å². The summed E-state index contributed by atoms with van der Waals surface area (Å²) in [4.78, 5) is 6.52. The highest BCUT2D eigenvalue weighted by Crippen LogP contribution is 2.18. The van der Waals surface area contributed by atoms with Gasteiger partial charge >= 0.3 is 0 Å². The zero-order chi connectivity index (χ0) is 14.2. The number of likely N-dealkylation sites (tertiary alicyclic amines) is 1. The van der Waals surface area contributed by atoms with Gasteiger partial charge in [-0.15, -0.1) is 24.0 Å². The van der Waals surface area contributed by atoms with Crippen LogP contribution in [0.3, 0.4) is 0 Å². The molecule has 1 aliphatic rings. The third-order valence-electron chi connectivity index (χ3n) is 3.36. The molecule has 5 nitrogen and oxygen atoms in total. The van der Waals surface area contributed by atoms with Crippen molar-refractivity contribution in [3.63, 3.8) is 0 Å². The summed E-state index contributed by atoms with van der Waals surface area (Å²) in [6, 6.07) is 7.55. The topological polar surface area (TPSA) is 60.1 Å². The molecule has 0 atom stereocenters. The van der Waals surface area contributed by atoms with Gasteiger partial charge in [0.1, 0.15) is 18.1 Å². The Morgan fingerprint density at radius 2 is 1.95 bits per heavy atom. The minimum atomic E-state index is 0. The van der Waals surface area contributed by atoms with Gasteiger partial charge in [-0.25, -0.2) is 4.99 Å². The number of hydrogen-bond acceptors (Lipinski definition) is 3. The van der Waals surface area contributed by atoms with Crippen LogP contribution >= 0.6 is 24.0 Å². The first-order chi connectivity index (χ1) is 9.79. The average Bonchev–Trinajstić information content (AvgIpc) is 2.52. The first-order valence-electron chi connectivity index (χ1n) is 7.11. The third-order valence-corrected chi connectivity index (χ3v) is 3.36. The molecule has 1 fully saturated rings. The zero-order valence-electron chi connectivity index (χ0n) is 12.5. The van der Waals surface area contributed by atoms with Gasteiger partial charge in [-0.3, -0.25) is 0 Å². The number of piperidine rings is 1. The standard InChI is InChI=1S/C15H23N3O2.HI/c1-19-13-6-5-7-14(12-13)20-11-8-17-15(16)18-9-3-2-4-10-18;/h5-7,12H,2-4,8-11H2,1H3,(H2,16,17);1H. The molecule has 6 heteroatoms. The predicted molar refractivity (Wildman–Crippen MR) is 95.8 cm³/mol. The Labute approximate surface area is 143 Å². The molecule has 0 spiro atoms. The van der Waals surface area contributed by atoms with E-state index in [0.717, 1.165) is 24.6 Å². The van der Waals surface area contributed by atoms with Crippen LogP contribution in [0.4, 0.5) is 0 Å². The summed E-state index contributed by atoms with van der Waals surface area (Å²) in [5, 5.41) is 0. The van der Waals surface area contributed by atoms with E-state index in [4.69, 9.17) is 15.2 Å². The molecule has 118 valence electrons. The van der Waals surface area contributed by atoms with E-state index >= 15 is 0 Å². The number of rotatable bonds is 5. The predicted octanol–water partition coefficient (Wildman–Crippen LogP) is 2.49. The van der Waals surface area contributed by atoms with Crippen molar-refractivity contribution in [1.29, 1.82) is 0 Å². The van der Waals surface area contributed by atoms with Crippen LogP contribution in [0.15, 0.2) is 29.3 Å². The lowest BCUT2D eigenvalue weighted by Gasteiger charge is -2.27. The highest BCUT2D eigenvalue weighted by molar-refractivity contribution is 14.0. The van der Waals surface area contributed by atoms with Crippen LogP contribution < -0.4 is 15.2 Å². The van der Waals surface area contributed by atoms with Crippen LogP contribution in [0, 0.1) is 0 Å². The van der Waals surface area contributed by atoms with Crippen LogP contribution in [0.1, 0.15) is 19.3 Å². The summed E-state index contributed by atoms with van der Waals surface area (Å²) in [6.07, 6.45) is 3.70. The van der Waals surface area contributed by atoms with E-state index in [0.29, 0.717) is 19.1 Å². The number of nitrogens with zero attached hydrogens (tertiary/aromatic N) is 2. The van der Waals surface area contributed by atoms with Crippen molar-refractivity contribution < 1.29 is 9.47 Å². The highest BCUT2D eigenvalue weighted by Gasteiger charge is 2.11. The third kappa shape index (κ3) is 5.99. The van der Waals surface area contributed by atoms with Gasteiger partial charge in [-0.05, 0) is 31.4 Å². The maximum Gasteiger partial charge on any atom is 0.191 e. The van der Waals surface area contributed by atoms with Crippen LogP contribution in [0.5, 0.6) is 11.5 Å². The van der Waals surface area contributed by atoms with Gasteiger partial charge in [-0.2, -0.15) is 0 Å². The molecule has 1 aromatic carbocycles. The molecule has 1 aromatic rings. The Balaban J connectivity index is 0.00000220. The molecule has 0 aromatic heterocycles. The Morgan fingerprint density at radius 3 is 2.67 bits per heavy atom. The van der Waals surface area contributed by atoms with Crippen LogP contribution in [-0.2, 0) is 0 Å². The number of methoxy groups -OCH3 is 1. The first-order valence-corrected chi connectivity index (χ1v) is 7.11. The number of ether oxygens (including phenoxy) is 2. The quantitative estimate of drug-likeness (QED) is 0.354. The Morgan fingerprint density at radius 1 is 1.24 bits per heavy atom. The zero-order valence-corrected chi connectivity index (χ0v) is 14.8. The smallest absolute Gasteiger partial charge is 0.191 e. The lowest BCUT2D eigenvalue weighted by molar-refractivity contribution is 0.319. The first kappa shape index (κ1) is 17.9. The number of nitrogens with two attached hydrogens (primary N) is 1. The van der Waals surface area contributed by atoms with E-state index in [9.17, 15) is 0 Å². The Kier molecular flexibility index (Phi) is 8.26. The highest BCUT2D eigenvalue weighted by atomic mass is 127. The number of aliphatic imine (C=N–C) groups is 1. The summed E-state index contributed by atoms with van der Waals surface area (Å²) in [5.74, 6) is 2.22. The number of hydrogen-bond donors (Lipinski definition) is 1. The summed E-state index contributed by atoms with van der Waals surface area (Å²) < 4.78 is 10.8. The summed E-state index contributed by atoms with van der Waals surface area (Å²) in [5.41, 5.74) is 5.97. The van der Waals surface area contributed by atoms with E-state index in [-0.39, 0.29) is 24.0 Å². The van der Waals surface area contributed by atoms with E-state index in [2.05, 4.69) is 9.89 Å². The van der Waals surface area contributed by atoms with Crippen LogP contribution in [0.2, 0.25) is 0 Å². The van der Waals surface area contributed by atoms with Gasteiger partial charge in [0.2, 0.25) is 0 Å². The summed E-state index contributed by atoms with van der Waals surface area (Å²) in [6.45, 7) is 3.12. The minimum Gasteiger partial charge on any atom is -0.497 e. The monoisotopic (exact) mass is 405 g/mol. The number of guanidine groups is 1. The molecule has 0 aliphatic carbocycles. The van der Waals surface area contributed by atoms with E-state index in [1.807, 2.05) is 24.3 Å². The van der Waals surface area contributed by atoms with Gasteiger partial charge < -0.3 is 20.1 Å². The van der Waals surface area contributed by atoms with Gasteiger partial charge in [0, 0.05) is 19.2 Å². The SMILES string of the molecule is COc1cccc(OCCN=C(N)N2CCCCC2)c1.I. The molecule has 2 N–H and O–H groups in total. The van der Waals surface area contributed by atoms with Crippen LogP contribution in [-0.4, -0.2) is 44.2 Å². The van der Waals surface area contributed by atoms with Crippen molar-refractivity contribution >= 4 is 29.9 Å².